The Morgan fingerprint density at radius 3 is 2.41 bits per heavy atom. The SMILES string of the molecule is FC(F)(F)c1ccc([C@H]2C[C@]23CCNC3)cc1. The molecule has 2 atom stereocenters. The third kappa shape index (κ3) is 1.84. The molecule has 17 heavy (non-hydrogen) atoms. The minimum absolute atomic E-state index is 0.347. The van der Waals surface area contributed by atoms with Gasteiger partial charge in [-0.25, -0.2) is 0 Å². The lowest BCUT2D eigenvalue weighted by Gasteiger charge is -2.10. The minimum Gasteiger partial charge on any atom is -0.316 e. The highest BCUT2D eigenvalue weighted by Crippen LogP contribution is 2.62. The Balaban J connectivity index is 1.78. The van der Waals surface area contributed by atoms with Crippen molar-refractivity contribution in [1.29, 1.82) is 0 Å². The summed E-state index contributed by atoms with van der Waals surface area (Å²) in [5, 5.41) is 3.33. The lowest BCUT2D eigenvalue weighted by molar-refractivity contribution is -0.137. The zero-order chi connectivity index (χ0) is 12.1. The summed E-state index contributed by atoms with van der Waals surface area (Å²) < 4.78 is 37.3. The largest absolute Gasteiger partial charge is 0.416 e. The highest BCUT2D eigenvalue weighted by Gasteiger charge is 2.55. The number of hydrogen-bond acceptors (Lipinski definition) is 1. The van der Waals surface area contributed by atoms with Gasteiger partial charge >= 0.3 is 6.18 Å². The Labute approximate surface area is 98.0 Å². The van der Waals surface area contributed by atoms with Gasteiger partial charge in [0.15, 0.2) is 0 Å². The predicted molar refractivity (Wildman–Crippen MR) is 58.7 cm³/mol. The van der Waals surface area contributed by atoms with Crippen molar-refractivity contribution in [2.45, 2.75) is 24.9 Å². The van der Waals surface area contributed by atoms with E-state index in [1.165, 1.54) is 12.1 Å². The van der Waals surface area contributed by atoms with Crippen LogP contribution in [0.15, 0.2) is 24.3 Å². The van der Waals surface area contributed by atoms with Crippen LogP contribution in [0.1, 0.15) is 29.9 Å². The van der Waals surface area contributed by atoms with Crippen molar-refractivity contribution in [3.8, 4) is 0 Å². The molecule has 0 aromatic heterocycles. The standard InChI is InChI=1S/C13H14F3N/c14-13(15,16)10-3-1-9(2-4-10)11-7-12(11)5-6-17-8-12/h1-4,11,17H,5-8H2/t11-,12+/m1/s1. The van der Waals surface area contributed by atoms with E-state index in [2.05, 4.69) is 5.32 Å². The maximum absolute atomic E-state index is 12.4. The summed E-state index contributed by atoms with van der Waals surface area (Å²) in [5.74, 6) is 0.458. The zero-order valence-corrected chi connectivity index (χ0v) is 9.35. The fourth-order valence-corrected chi connectivity index (χ4v) is 2.96. The molecule has 1 saturated heterocycles. The van der Waals surface area contributed by atoms with Crippen LogP contribution in [-0.2, 0) is 6.18 Å². The summed E-state index contributed by atoms with van der Waals surface area (Å²) in [4.78, 5) is 0. The molecule has 1 saturated carbocycles. The van der Waals surface area contributed by atoms with Crippen molar-refractivity contribution < 1.29 is 13.2 Å². The third-order valence-corrected chi connectivity index (χ3v) is 4.11. The molecule has 1 spiro atoms. The summed E-state index contributed by atoms with van der Waals surface area (Å²) in [7, 11) is 0. The van der Waals surface area contributed by atoms with Gasteiger partial charge in [0.05, 0.1) is 5.56 Å². The predicted octanol–water partition coefficient (Wildman–Crippen LogP) is 3.17. The zero-order valence-electron chi connectivity index (χ0n) is 9.35. The molecular formula is C13H14F3N. The lowest BCUT2D eigenvalue weighted by Crippen LogP contribution is -2.10. The summed E-state index contributed by atoms with van der Waals surface area (Å²) in [6.07, 6.45) is -1.96. The minimum atomic E-state index is -4.23. The number of hydrogen-bond donors (Lipinski definition) is 1. The van der Waals surface area contributed by atoms with Gasteiger partial charge in [-0.1, -0.05) is 12.1 Å². The van der Waals surface area contributed by atoms with Gasteiger partial charge in [-0.2, -0.15) is 13.2 Å². The van der Waals surface area contributed by atoms with E-state index in [-0.39, 0.29) is 0 Å². The molecule has 1 aliphatic carbocycles. The first-order chi connectivity index (χ1) is 8.01. The molecule has 3 rings (SSSR count). The Bertz CT molecular complexity index is 415. The fourth-order valence-electron chi connectivity index (χ4n) is 2.96. The number of rotatable bonds is 1. The third-order valence-electron chi connectivity index (χ3n) is 4.11. The molecule has 1 aromatic carbocycles. The summed E-state index contributed by atoms with van der Waals surface area (Å²) in [6, 6.07) is 5.68. The van der Waals surface area contributed by atoms with Crippen LogP contribution in [0.3, 0.4) is 0 Å². The topological polar surface area (TPSA) is 12.0 Å². The molecular weight excluding hydrogens is 227 g/mol. The van der Waals surface area contributed by atoms with Gasteiger partial charge in [0.25, 0.3) is 0 Å². The second-order valence-electron chi connectivity index (χ2n) is 5.17. The van der Waals surface area contributed by atoms with Crippen molar-refractivity contribution in [2.24, 2.45) is 5.41 Å². The van der Waals surface area contributed by atoms with Gasteiger partial charge < -0.3 is 5.32 Å². The smallest absolute Gasteiger partial charge is 0.316 e. The van der Waals surface area contributed by atoms with Gasteiger partial charge in [0, 0.05) is 6.54 Å². The maximum atomic E-state index is 12.4. The molecule has 4 heteroatoms. The molecule has 2 fully saturated rings. The van der Waals surface area contributed by atoms with E-state index in [0.29, 0.717) is 11.3 Å². The summed E-state index contributed by atoms with van der Waals surface area (Å²) in [6.45, 7) is 2.05. The molecule has 2 aliphatic rings. The lowest BCUT2D eigenvalue weighted by atomic mass is 9.97. The van der Waals surface area contributed by atoms with E-state index in [4.69, 9.17) is 0 Å². The van der Waals surface area contributed by atoms with E-state index >= 15 is 0 Å². The van der Waals surface area contributed by atoms with Crippen LogP contribution in [0.5, 0.6) is 0 Å². The number of nitrogens with one attached hydrogen (secondary N) is 1. The second-order valence-corrected chi connectivity index (χ2v) is 5.17. The molecule has 1 nitrogen and oxygen atoms in total. The van der Waals surface area contributed by atoms with Crippen LogP contribution in [0.25, 0.3) is 0 Å². The molecule has 0 bridgehead atoms. The number of alkyl halides is 3. The van der Waals surface area contributed by atoms with Gasteiger partial charge in [0.2, 0.25) is 0 Å². The van der Waals surface area contributed by atoms with Crippen molar-refractivity contribution in [1.82, 2.24) is 5.32 Å². The molecule has 0 radical (unpaired) electrons. The second kappa shape index (κ2) is 3.48. The summed E-state index contributed by atoms with van der Waals surface area (Å²) in [5.41, 5.74) is 0.849. The number of halogens is 3. The maximum Gasteiger partial charge on any atom is 0.416 e. The molecule has 1 heterocycles. The fraction of sp³-hybridized carbons (Fsp3) is 0.538. The van der Waals surface area contributed by atoms with E-state index in [9.17, 15) is 13.2 Å². The van der Waals surface area contributed by atoms with Crippen molar-refractivity contribution >= 4 is 0 Å². The average Bonchev–Trinajstić information content (AvgIpc) is 2.76. The van der Waals surface area contributed by atoms with E-state index in [1.807, 2.05) is 0 Å². The molecule has 92 valence electrons. The van der Waals surface area contributed by atoms with Gasteiger partial charge in [-0.05, 0) is 48.4 Å². The Morgan fingerprint density at radius 2 is 1.88 bits per heavy atom. The van der Waals surface area contributed by atoms with Crippen molar-refractivity contribution in [2.75, 3.05) is 13.1 Å². The first-order valence-electron chi connectivity index (χ1n) is 5.89. The molecule has 1 aliphatic heterocycles. The monoisotopic (exact) mass is 241 g/mol. The first kappa shape index (κ1) is 11.1. The van der Waals surface area contributed by atoms with Gasteiger partial charge in [-0.3, -0.25) is 0 Å². The highest BCUT2D eigenvalue weighted by atomic mass is 19.4. The van der Waals surface area contributed by atoms with E-state index in [1.54, 1.807) is 12.1 Å². The quantitative estimate of drug-likeness (QED) is 0.796. The Morgan fingerprint density at radius 1 is 1.18 bits per heavy atom. The van der Waals surface area contributed by atoms with Gasteiger partial charge in [-0.15, -0.1) is 0 Å². The molecule has 1 N–H and O–H groups in total. The van der Waals surface area contributed by atoms with E-state index in [0.717, 1.165) is 31.5 Å². The first-order valence-corrected chi connectivity index (χ1v) is 5.89. The molecule has 0 unspecified atom stereocenters. The van der Waals surface area contributed by atoms with Crippen LogP contribution >= 0.6 is 0 Å². The normalized spacial score (nSPS) is 32.1. The van der Waals surface area contributed by atoms with Crippen LogP contribution in [0, 0.1) is 5.41 Å². The van der Waals surface area contributed by atoms with Crippen LogP contribution in [0.4, 0.5) is 13.2 Å². The average molecular weight is 241 g/mol. The van der Waals surface area contributed by atoms with Crippen LogP contribution in [-0.4, -0.2) is 13.1 Å². The Hall–Kier alpha value is -1.03. The highest BCUT2D eigenvalue weighted by molar-refractivity contribution is 5.34. The number of benzene rings is 1. The van der Waals surface area contributed by atoms with Gasteiger partial charge in [0.1, 0.15) is 0 Å². The molecule has 0 amide bonds. The van der Waals surface area contributed by atoms with Crippen LogP contribution in [0.2, 0.25) is 0 Å². The van der Waals surface area contributed by atoms with Crippen LogP contribution < -0.4 is 5.32 Å². The summed E-state index contributed by atoms with van der Waals surface area (Å²) >= 11 is 0. The van der Waals surface area contributed by atoms with Crippen molar-refractivity contribution in [3.05, 3.63) is 35.4 Å². The van der Waals surface area contributed by atoms with E-state index < -0.39 is 11.7 Å². The van der Waals surface area contributed by atoms with Crippen molar-refractivity contribution in [3.63, 3.8) is 0 Å². The molecule has 1 aromatic rings. The Kier molecular flexibility index (Phi) is 2.27.